The van der Waals surface area contributed by atoms with E-state index in [0.717, 1.165) is 23.9 Å². The van der Waals surface area contributed by atoms with Gasteiger partial charge in [0.2, 0.25) is 0 Å². The third kappa shape index (κ3) is 3.48. The molecule has 0 spiro atoms. The Kier molecular flexibility index (Phi) is 4.69. The fourth-order valence-electron chi connectivity index (χ4n) is 3.44. The van der Waals surface area contributed by atoms with Crippen LogP contribution in [0.2, 0.25) is 0 Å². The van der Waals surface area contributed by atoms with Crippen molar-refractivity contribution in [3.05, 3.63) is 0 Å². The molecule has 94 valence electrons. The van der Waals surface area contributed by atoms with E-state index in [2.05, 4.69) is 19.2 Å². The highest BCUT2D eigenvalue weighted by Crippen LogP contribution is 2.31. The van der Waals surface area contributed by atoms with Gasteiger partial charge in [-0.25, -0.2) is 0 Å². The van der Waals surface area contributed by atoms with Gasteiger partial charge >= 0.3 is 0 Å². The first-order chi connectivity index (χ1) is 7.78. The molecule has 2 fully saturated rings. The van der Waals surface area contributed by atoms with Crippen LogP contribution in [0.1, 0.15) is 71.6 Å². The van der Waals surface area contributed by atoms with E-state index in [4.69, 9.17) is 0 Å². The molecule has 0 amide bonds. The van der Waals surface area contributed by atoms with Crippen LogP contribution in [0.25, 0.3) is 0 Å². The summed E-state index contributed by atoms with van der Waals surface area (Å²) in [4.78, 5) is 0. The van der Waals surface area contributed by atoms with Gasteiger partial charge in [-0.3, -0.25) is 0 Å². The number of hydrogen-bond donors (Lipinski definition) is 1. The summed E-state index contributed by atoms with van der Waals surface area (Å²) < 4.78 is 0. The minimum atomic E-state index is 0.758. The van der Waals surface area contributed by atoms with Gasteiger partial charge in [0, 0.05) is 12.1 Å². The van der Waals surface area contributed by atoms with Crippen LogP contribution in [0.5, 0.6) is 0 Å². The third-order valence-electron chi connectivity index (χ3n) is 4.86. The SMILES string of the molecule is CCC1CCC(NC(C)CC2CCC2)CC1. The molecular formula is C15H29N. The van der Waals surface area contributed by atoms with Crippen molar-refractivity contribution in [3.8, 4) is 0 Å². The molecule has 0 heterocycles. The van der Waals surface area contributed by atoms with Gasteiger partial charge in [0.15, 0.2) is 0 Å². The monoisotopic (exact) mass is 223 g/mol. The van der Waals surface area contributed by atoms with Gasteiger partial charge in [0.25, 0.3) is 0 Å². The van der Waals surface area contributed by atoms with Gasteiger partial charge in [-0.05, 0) is 50.9 Å². The van der Waals surface area contributed by atoms with E-state index in [1.54, 1.807) is 0 Å². The largest absolute Gasteiger partial charge is 0.311 e. The van der Waals surface area contributed by atoms with Gasteiger partial charge in [-0.1, -0.05) is 32.6 Å². The average Bonchev–Trinajstić information content (AvgIpc) is 2.25. The van der Waals surface area contributed by atoms with Gasteiger partial charge < -0.3 is 5.32 Å². The molecule has 2 saturated carbocycles. The van der Waals surface area contributed by atoms with Crippen LogP contribution in [-0.4, -0.2) is 12.1 Å². The maximum atomic E-state index is 3.86. The molecule has 2 aliphatic carbocycles. The van der Waals surface area contributed by atoms with E-state index in [0.29, 0.717) is 0 Å². The lowest BCUT2D eigenvalue weighted by Crippen LogP contribution is -2.40. The minimum absolute atomic E-state index is 0.758. The van der Waals surface area contributed by atoms with E-state index < -0.39 is 0 Å². The second-order valence-corrected chi connectivity index (χ2v) is 6.23. The van der Waals surface area contributed by atoms with Gasteiger partial charge in [0.05, 0.1) is 0 Å². The summed E-state index contributed by atoms with van der Waals surface area (Å²) in [7, 11) is 0. The standard InChI is InChI=1S/C15H29N/c1-3-13-7-9-15(10-8-13)16-12(2)11-14-5-4-6-14/h12-16H,3-11H2,1-2H3. The Morgan fingerprint density at radius 3 is 2.19 bits per heavy atom. The maximum absolute atomic E-state index is 3.86. The van der Waals surface area contributed by atoms with E-state index in [1.165, 1.54) is 57.8 Å². The highest BCUT2D eigenvalue weighted by Gasteiger charge is 2.24. The first-order valence-electron chi connectivity index (χ1n) is 7.54. The van der Waals surface area contributed by atoms with Crippen molar-refractivity contribution in [2.45, 2.75) is 83.7 Å². The predicted molar refractivity (Wildman–Crippen MR) is 70.6 cm³/mol. The highest BCUT2D eigenvalue weighted by molar-refractivity contribution is 4.81. The maximum Gasteiger partial charge on any atom is 0.00697 e. The Hall–Kier alpha value is -0.0400. The lowest BCUT2D eigenvalue weighted by Gasteiger charge is -2.33. The van der Waals surface area contributed by atoms with Crippen LogP contribution in [0.4, 0.5) is 0 Å². The molecule has 0 aromatic carbocycles. The van der Waals surface area contributed by atoms with Crippen molar-refractivity contribution in [3.63, 3.8) is 0 Å². The molecule has 1 atom stereocenters. The Morgan fingerprint density at radius 1 is 1.00 bits per heavy atom. The molecule has 0 bridgehead atoms. The molecule has 0 saturated heterocycles. The summed E-state index contributed by atoms with van der Waals surface area (Å²) >= 11 is 0. The van der Waals surface area contributed by atoms with Gasteiger partial charge in [-0.15, -0.1) is 0 Å². The normalized spacial score (nSPS) is 33.4. The zero-order chi connectivity index (χ0) is 11.4. The molecule has 2 rings (SSSR count). The predicted octanol–water partition coefficient (Wildman–Crippen LogP) is 4.12. The topological polar surface area (TPSA) is 12.0 Å². The van der Waals surface area contributed by atoms with Crippen LogP contribution in [0.3, 0.4) is 0 Å². The van der Waals surface area contributed by atoms with Crippen molar-refractivity contribution in [2.75, 3.05) is 0 Å². The van der Waals surface area contributed by atoms with E-state index in [9.17, 15) is 0 Å². The average molecular weight is 223 g/mol. The molecule has 0 radical (unpaired) electrons. The molecule has 1 N–H and O–H groups in total. The second kappa shape index (κ2) is 6.05. The first-order valence-corrected chi connectivity index (χ1v) is 7.54. The molecule has 2 aliphatic rings. The van der Waals surface area contributed by atoms with Crippen LogP contribution in [-0.2, 0) is 0 Å². The summed E-state index contributed by atoms with van der Waals surface area (Å²) in [5, 5.41) is 3.86. The molecule has 1 nitrogen and oxygen atoms in total. The molecule has 0 aromatic heterocycles. The minimum Gasteiger partial charge on any atom is -0.311 e. The van der Waals surface area contributed by atoms with Crippen molar-refractivity contribution in [1.29, 1.82) is 0 Å². The number of rotatable bonds is 5. The van der Waals surface area contributed by atoms with E-state index in [1.807, 2.05) is 0 Å². The zero-order valence-corrected chi connectivity index (χ0v) is 11.2. The van der Waals surface area contributed by atoms with Crippen LogP contribution in [0.15, 0.2) is 0 Å². The third-order valence-corrected chi connectivity index (χ3v) is 4.86. The second-order valence-electron chi connectivity index (χ2n) is 6.23. The number of hydrogen-bond acceptors (Lipinski definition) is 1. The summed E-state index contributed by atoms with van der Waals surface area (Å²) in [6.07, 6.45) is 13.1. The highest BCUT2D eigenvalue weighted by atomic mass is 14.9. The Balaban J connectivity index is 1.61. The fraction of sp³-hybridized carbons (Fsp3) is 1.00. The summed E-state index contributed by atoms with van der Waals surface area (Å²) in [5.74, 6) is 2.08. The Bertz CT molecular complexity index is 190. The molecular weight excluding hydrogens is 194 g/mol. The lowest BCUT2D eigenvalue weighted by molar-refractivity contribution is 0.229. The molecule has 16 heavy (non-hydrogen) atoms. The molecule has 0 aliphatic heterocycles. The van der Waals surface area contributed by atoms with Crippen molar-refractivity contribution in [1.82, 2.24) is 5.32 Å². The van der Waals surface area contributed by atoms with E-state index >= 15 is 0 Å². The van der Waals surface area contributed by atoms with Crippen molar-refractivity contribution < 1.29 is 0 Å². The zero-order valence-electron chi connectivity index (χ0n) is 11.2. The summed E-state index contributed by atoms with van der Waals surface area (Å²) in [6.45, 7) is 4.74. The molecule has 1 unspecified atom stereocenters. The molecule has 1 heteroatoms. The smallest absolute Gasteiger partial charge is 0.00697 e. The fourth-order valence-corrected chi connectivity index (χ4v) is 3.44. The van der Waals surface area contributed by atoms with Crippen molar-refractivity contribution >= 4 is 0 Å². The quantitative estimate of drug-likeness (QED) is 0.739. The summed E-state index contributed by atoms with van der Waals surface area (Å²) in [5.41, 5.74) is 0. The summed E-state index contributed by atoms with van der Waals surface area (Å²) in [6, 6.07) is 1.59. The van der Waals surface area contributed by atoms with Crippen molar-refractivity contribution in [2.24, 2.45) is 11.8 Å². The first kappa shape index (κ1) is 12.4. The van der Waals surface area contributed by atoms with E-state index in [-0.39, 0.29) is 0 Å². The van der Waals surface area contributed by atoms with Crippen LogP contribution < -0.4 is 5.32 Å². The van der Waals surface area contributed by atoms with Gasteiger partial charge in [0.1, 0.15) is 0 Å². The molecule has 0 aromatic rings. The van der Waals surface area contributed by atoms with Gasteiger partial charge in [-0.2, -0.15) is 0 Å². The Labute approximate surface area is 101 Å². The Morgan fingerprint density at radius 2 is 1.69 bits per heavy atom. The van der Waals surface area contributed by atoms with Crippen LogP contribution >= 0.6 is 0 Å². The van der Waals surface area contributed by atoms with Crippen LogP contribution in [0, 0.1) is 11.8 Å². The lowest BCUT2D eigenvalue weighted by atomic mass is 9.80. The number of nitrogens with one attached hydrogen (secondary N) is 1.